The minimum Gasteiger partial charge on any atom is -0.306 e. The average molecular weight is 263 g/mol. The van der Waals surface area contributed by atoms with Crippen molar-refractivity contribution >= 4 is 11.3 Å². The van der Waals surface area contributed by atoms with Gasteiger partial charge in [0.05, 0.1) is 5.69 Å². The molecule has 0 bridgehead atoms. The molecule has 2 heterocycles. The first-order valence-corrected chi connectivity index (χ1v) is 7.08. The summed E-state index contributed by atoms with van der Waals surface area (Å²) in [7, 11) is 1.96. The predicted molar refractivity (Wildman–Crippen MR) is 77.0 cm³/mol. The van der Waals surface area contributed by atoms with Gasteiger partial charge in [-0.1, -0.05) is 0 Å². The molecule has 0 aliphatic heterocycles. The van der Waals surface area contributed by atoms with Crippen molar-refractivity contribution in [3.05, 3.63) is 38.8 Å². The van der Waals surface area contributed by atoms with Crippen LogP contribution < -0.4 is 5.32 Å². The number of thiophene rings is 1. The molecule has 0 spiro atoms. The number of rotatable bonds is 4. The number of aromatic nitrogens is 2. The zero-order valence-corrected chi connectivity index (χ0v) is 12.6. The van der Waals surface area contributed by atoms with Gasteiger partial charge in [-0.2, -0.15) is 5.10 Å². The maximum absolute atomic E-state index is 4.36. The molecule has 1 N–H and O–H groups in total. The Hall–Kier alpha value is -1.13. The quantitative estimate of drug-likeness (QED) is 0.917. The zero-order chi connectivity index (χ0) is 13.3. The lowest BCUT2D eigenvalue weighted by atomic mass is 10.1. The van der Waals surface area contributed by atoms with Crippen LogP contribution in [0, 0.1) is 20.8 Å². The van der Waals surface area contributed by atoms with Gasteiger partial charge in [0.25, 0.3) is 0 Å². The van der Waals surface area contributed by atoms with Gasteiger partial charge in [0, 0.05) is 41.1 Å². The first-order chi connectivity index (χ1) is 8.47. The molecule has 2 rings (SSSR count). The summed E-state index contributed by atoms with van der Waals surface area (Å²) in [6.07, 6.45) is 2.08. The highest BCUT2D eigenvalue weighted by atomic mass is 32.1. The van der Waals surface area contributed by atoms with E-state index in [-0.39, 0.29) is 0 Å². The van der Waals surface area contributed by atoms with Crippen LogP contribution in [-0.2, 0) is 13.6 Å². The van der Waals surface area contributed by atoms with Crippen molar-refractivity contribution < 1.29 is 0 Å². The van der Waals surface area contributed by atoms with Crippen molar-refractivity contribution in [1.82, 2.24) is 15.1 Å². The number of aryl methyl sites for hydroxylation is 4. The summed E-state index contributed by atoms with van der Waals surface area (Å²) in [6, 6.07) is 2.67. The van der Waals surface area contributed by atoms with E-state index >= 15 is 0 Å². The second kappa shape index (κ2) is 5.24. The Kier molecular flexibility index (Phi) is 3.88. The monoisotopic (exact) mass is 263 g/mol. The van der Waals surface area contributed by atoms with E-state index in [1.54, 1.807) is 0 Å². The van der Waals surface area contributed by atoms with Crippen LogP contribution >= 0.6 is 11.3 Å². The molecule has 0 aromatic carbocycles. The summed E-state index contributed by atoms with van der Waals surface area (Å²) in [6.45, 7) is 9.51. The Balaban J connectivity index is 2.02. The number of hydrogen-bond donors (Lipinski definition) is 1. The van der Waals surface area contributed by atoms with Crippen LogP contribution in [0.5, 0.6) is 0 Å². The summed E-state index contributed by atoms with van der Waals surface area (Å²) >= 11 is 1.87. The summed E-state index contributed by atoms with van der Waals surface area (Å²) in [5, 5.41) is 7.94. The predicted octanol–water partition coefficient (Wildman–Crippen LogP) is 3.26. The Labute approximate surface area is 113 Å². The number of nitrogens with one attached hydrogen (secondary N) is 1. The molecule has 0 amide bonds. The van der Waals surface area contributed by atoms with Crippen LogP contribution in [0.25, 0.3) is 0 Å². The molecule has 3 nitrogen and oxygen atoms in total. The Morgan fingerprint density at radius 1 is 1.39 bits per heavy atom. The Morgan fingerprint density at radius 2 is 2.11 bits per heavy atom. The van der Waals surface area contributed by atoms with E-state index in [1.807, 2.05) is 23.1 Å². The summed E-state index contributed by atoms with van der Waals surface area (Å²) in [4.78, 5) is 2.80. The van der Waals surface area contributed by atoms with Crippen LogP contribution in [0.15, 0.2) is 12.3 Å². The van der Waals surface area contributed by atoms with Crippen LogP contribution in [0.2, 0.25) is 0 Å². The van der Waals surface area contributed by atoms with Crippen LogP contribution in [0.1, 0.15) is 39.5 Å². The maximum atomic E-state index is 4.36. The highest BCUT2D eigenvalue weighted by molar-refractivity contribution is 7.12. The van der Waals surface area contributed by atoms with Crippen LogP contribution in [0.3, 0.4) is 0 Å². The van der Waals surface area contributed by atoms with E-state index in [0.29, 0.717) is 6.04 Å². The van der Waals surface area contributed by atoms with Gasteiger partial charge < -0.3 is 5.32 Å². The highest BCUT2D eigenvalue weighted by Gasteiger charge is 2.11. The fourth-order valence-corrected chi connectivity index (χ4v) is 3.30. The summed E-state index contributed by atoms with van der Waals surface area (Å²) in [5.74, 6) is 0. The average Bonchev–Trinajstić information content (AvgIpc) is 2.78. The SMILES string of the molecule is Cc1cc(C(C)NCc2cn(C)nc2C)c(C)s1. The molecule has 2 aromatic rings. The van der Waals surface area contributed by atoms with Crippen molar-refractivity contribution in [3.63, 3.8) is 0 Å². The number of hydrogen-bond acceptors (Lipinski definition) is 3. The standard InChI is InChI=1S/C14H21N3S/c1-9-6-14(12(4)18-9)11(3)15-7-13-8-17(5)16-10(13)2/h6,8,11,15H,7H2,1-5H3. The molecule has 0 radical (unpaired) electrons. The van der Waals surface area contributed by atoms with E-state index < -0.39 is 0 Å². The second-order valence-corrected chi connectivity index (χ2v) is 6.35. The van der Waals surface area contributed by atoms with Crippen molar-refractivity contribution in [3.8, 4) is 0 Å². The third-order valence-electron chi connectivity index (χ3n) is 3.26. The first kappa shape index (κ1) is 13.3. The summed E-state index contributed by atoms with van der Waals surface area (Å²) in [5.41, 5.74) is 3.79. The van der Waals surface area contributed by atoms with Crippen molar-refractivity contribution in [2.24, 2.45) is 7.05 Å². The molecule has 0 aliphatic carbocycles. The smallest absolute Gasteiger partial charge is 0.0638 e. The first-order valence-electron chi connectivity index (χ1n) is 6.27. The molecule has 1 unspecified atom stereocenters. The van der Waals surface area contributed by atoms with Gasteiger partial charge >= 0.3 is 0 Å². The maximum Gasteiger partial charge on any atom is 0.0638 e. The summed E-state index contributed by atoms with van der Waals surface area (Å²) < 4.78 is 1.87. The fraction of sp³-hybridized carbons (Fsp3) is 0.500. The lowest BCUT2D eigenvalue weighted by Gasteiger charge is -2.13. The molecule has 2 aromatic heterocycles. The molecule has 0 saturated heterocycles. The van der Waals surface area contributed by atoms with E-state index in [0.717, 1.165) is 12.2 Å². The van der Waals surface area contributed by atoms with Crippen LogP contribution in [0.4, 0.5) is 0 Å². The minimum absolute atomic E-state index is 0.384. The van der Waals surface area contributed by atoms with E-state index in [2.05, 4.69) is 50.4 Å². The molecule has 4 heteroatoms. The zero-order valence-electron chi connectivity index (χ0n) is 11.7. The highest BCUT2D eigenvalue weighted by Crippen LogP contribution is 2.26. The lowest BCUT2D eigenvalue weighted by molar-refractivity contribution is 0.572. The van der Waals surface area contributed by atoms with Gasteiger partial charge in [-0.05, 0) is 39.3 Å². The lowest BCUT2D eigenvalue weighted by Crippen LogP contribution is -2.18. The molecular weight excluding hydrogens is 242 g/mol. The molecule has 0 saturated carbocycles. The third kappa shape index (κ3) is 2.82. The topological polar surface area (TPSA) is 29.9 Å². The van der Waals surface area contributed by atoms with Crippen LogP contribution in [-0.4, -0.2) is 9.78 Å². The van der Waals surface area contributed by atoms with Gasteiger partial charge in [-0.25, -0.2) is 0 Å². The van der Waals surface area contributed by atoms with Crippen molar-refractivity contribution in [2.75, 3.05) is 0 Å². The van der Waals surface area contributed by atoms with E-state index in [9.17, 15) is 0 Å². The third-order valence-corrected chi connectivity index (χ3v) is 4.24. The molecule has 98 valence electrons. The van der Waals surface area contributed by atoms with Crippen molar-refractivity contribution in [1.29, 1.82) is 0 Å². The van der Waals surface area contributed by atoms with Crippen molar-refractivity contribution in [2.45, 2.75) is 40.3 Å². The van der Waals surface area contributed by atoms with Gasteiger partial charge in [-0.3, -0.25) is 4.68 Å². The molecule has 18 heavy (non-hydrogen) atoms. The van der Waals surface area contributed by atoms with Gasteiger partial charge in [-0.15, -0.1) is 11.3 Å². The Bertz CT molecular complexity index is 539. The second-order valence-electron chi connectivity index (χ2n) is 4.88. The van der Waals surface area contributed by atoms with E-state index in [1.165, 1.54) is 20.9 Å². The normalized spacial score (nSPS) is 12.9. The van der Waals surface area contributed by atoms with E-state index in [4.69, 9.17) is 0 Å². The molecular formula is C14H21N3S. The molecule has 0 aliphatic rings. The van der Waals surface area contributed by atoms with Gasteiger partial charge in [0.2, 0.25) is 0 Å². The largest absolute Gasteiger partial charge is 0.306 e. The minimum atomic E-state index is 0.384. The van der Waals surface area contributed by atoms with Gasteiger partial charge in [0.15, 0.2) is 0 Å². The fourth-order valence-electron chi connectivity index (χ4n) is 2.28. The molecule has 1 atom stereocenters. The Morgan fingerprint density at radius 3 is 2.61 bits per heavy atom. The van der Waals surface area contributed by atoms with Gasteiger partial charge in [0.1, 0.15) is 0 Å². The molecule has 0 fully saturated rings. The number of nitrogens with zero attached hydrogens (tertiary/aromatic N) is 2.